The smallest absolute Gasteiger partial charge is 0.165 e. The van der Waals surface area contributed by atoms with Crippen molar-refractivity contribution in [3.8, 4) is 0 Å². The van der Waals surface area contributed by atoms with E-state index in [0.29, 0.717) is 6.04 Å². The van der Waals surface area contributed by atoms with Gasteiger partial charge in [-0.1, -0.05) is 6.92 Å². The molecule has 0 bridgehead atoms. The van der Waals surface area contributed by atoms with Crippen molar-refractivity contribution in [2.75, 3.05) is 6.54 Å². The quantitative estimate of drug-likeness (QED) is 0.629. The van der Waals surface area contributed by atoms with E-state index in [1.54, 1.807) is 0 Å². The molecule has 2 atom stereocenters. The van der Waals surface area contributed by atoms with Crippen LogP contribution in [0.25, 0.3) is 0 Å². The van der Waals surface area contributed by atoms with Crippen LogP contribution in [0.15, 0.2) is 0 Å². The summed E-state index contributed by atoms with van der Waals surface area (Å²) in [7, 11) is 0. The molecule has 0 spiro atoms. The van der Waals surface area contributed by atoms with Crippen LogP contribution in [-0.2, 0) is 0 Å². The molecular weight excluding hydrogens is 154 g/mol. The van der Waals surface area contributed by atoms with Crippen molar-refractivity contribution in [2.24, 2.45) is 5.92 Å². The maximum Gasteiger partial charge on any atom is 0.165 e. The molecule has 2 N–H and O–H groups in total. The van der Waals surface area contributed by atoms with Gasteiger partial charge in [0.1, 0.15) is 0 Å². The Morgan fingerprint density at radius 1 is 1.50 bits per heavy atom. The average molecular weight is 167 g/mol. The molecule has 1 aromatic heterocycles. The van der Waals surface area contributed by atoms with Crippen LogP contribution in [0.1, 0.15) is 31.6 Å². The molecule has 0 aromatic carbocycles. The SMILES string of the molecule is C[C@@H]1CCN[C@@H](c2nnn[nH]2)C1. The van der Waals surface area contributed by atoms with Gasteiger partial charge in [0.2, 0.25) is 0 Å². The van der Waals surface area contributed by atoms with Gasteiger partial charge in [-0.05, 0) is 35.7 Å². The van der Waals surface area contributed by atoms with Crippen molar-refractivity contribution in [3.63, 3.8) is 0 Å². The van der Waals surface area contributed by atoms with E-state index < -0.39 is 0 Å². The monoisotopic (exact) mass is 167 g/mol. The second kappa shape index (κ2) is 3.18. The minimum Gasteiger partial charge on any atom is -0.307 e. The van der Waals surface area contributed by atoms with E-state index in [1.165, 1.54) is 6.42 Å². The largest absolute Gasteiger partial charge is 0.307 e. The molecule has 0 amide bonds. The van der Waals surface area contributed by atoms with Gasteiger partial charge >= 0.3 is 0 Å². The maximum atomic E-state index is 3.90. The fourth-order valence-electron chi connectivity index (χ4n) is 1.63. The van der Waals surface area contributed by atoms with Gasteiger partial charge in [0.25, 0.3) is 0 Å². The fraction of sp³-hybridized carbons (Fsp3) is 0.857. The maximum absolute atomic E-state index is 3.90. The van der Waals surface area contributed by atoms with E-state index in [9.17, 15) is 0 Å². The molecule has 1 aromatic rings. The highest BCUT2D eigenvalue weighted by atomic mass is 15.5. The lowest BCUT2D eigenvalue weighted by molar-refractivity contribution is 0.316. The van der Waals surface area contributed by atoms with Crippen LogP contribution in [-0.4, -0.2) is 27.2 Å². The van der Waals surface area contributed by atoms with Gasteiger partial charge < -0.3 is 5.32 Å². The number of aromatic amines is 1. The van der Waals surface area contributed by atoms with Gasteiger partial charge in [-0.3, -0.25) is 0 Å². The number of nitrogens with one attached hydrogen (secondary N) is 2. The molecule has 0 saturated carbocycles. The molecule has 1 saturated heterocycles. The number of piperidine rings is 1. The Bertz CT molecular complexity index is 232. The standard InChI is InChI=1S/C7H13N5/c1-5-2-3-8-6(4-5)7-9-11-12-10-7/h5-6,8H,2-4H2,1H3,(H,9,10,11,12)/t5-,6-/m1/s1. The minimum absolute atomic E-state index is 0.323. The van der Waals surface area contributed by atoms with Gasteiger partial charge in [0.15, 0.2) is 5.82 Å². The highest BCUT2D eigenvalue weighted by molar-refractivity contribution is 4.92. The van der Waals surface area contributed by atoms with Crippen molar-refractivity contribution < 1.29 is 0 Å². The van der Waals surface area contributed by atoms with Crippen LogP contribution < -0.4 is 5.32 Å². The Morgan fingerprint density at radius 3 is 3.08 bits per heavy atom. The first-order valence-electron chi connectivity index (χ1n) is 4.33. The second-order valence-electron chi connectivity index (χ2n) is 3.42. The summed E-state index contributed by atoms with van der Waals surface area (Å²) in [5, 5.41) is 17.2. The first-order valence-corrected chi connectivity index (χ1v) is 4.33. The third kappa shape index (κ3) is 1.45. The molecule has 0 radical (unpaired) electrons. The Labute approximate surface area is 70.9 Å². The summed E-state index contributed by atoms with van der Waals surface area (Å²) in [5.74, 6) is 1.63. The summed E-state index contributed by atoms with van der Waals surface area (Å²) >= 11 is 0. The second-order valence-corrected chi connectivity index (χ2v) is 3.42. The topological polar surface area (TPSA) is 66.5 Å². The molecule has 12 heavy (non-hydrogen) atoms. The number of tetrazole rings is 1. The molecule has 1 aliphatic rings. The molecule has 1 fully saturated rings. The molecule has 66 valence electrons. The highest BCUT2D eigenvalue weighted by Crippen LogP contribution is 2.23. The fourth-order valence-corrected chi connectivity index (χ4v) is 1.63. The summed E-state index contributed by atoms with van der Waals surface area (Å²) in [6.45, 7) is 3.32. The van der Waals surface area contributed by atoms with Crippen LogP contribution in [0, 0.1) is 5.92 Å². The molecule has 0 aliphatic carbocycles. The van der Waals surface area contributed by atoms with Crippen molar-refractivity contribution >= 4 is 0 Å². The Morgan fingerprint density at radius 2 is 2.42 bits per heavy atom. The molecule has 5 heteroatoms. The number of rotatable bonds is 1. The lowest BCUT2D eigenvalue weighted by Gasteiger charge is -2.25. The molecular formula is C7H13N5. The van der Waals surface area contributed by atoms with Crippen molar-refractivity contribution in [1.82, 2.24) is 25.9 Å². The predicted octanol–water partition coefficient (Wildman–Crippen LogP) is 0.260. The summed E-state index contributed by atoms with van der Waals surface area (Å²) in [6, 6.07) is 0.323. The summed E-state index contributed by atoms with van der Waals surface area (Å²) in [4.78, 5) is 0. The van der Waals surface area contributed by atoms with Crippen LogP contribution >= 0.6 is 0 Å². The number of H-pyrrole nitrogens is 1. The van der Waals surface area contributed by atoms with Gasteiger partial charge in [-0.2, -0.15) is 0 Å². The lowest BCUT2D eigenvalue weighted by atomic mass is 9.94. The van der Waals surface area contributed by atoms with E-state index in [4.69, 9.17) is 0 Å². The van der Waals surface area contributed by atoms with Crippen LogP contribution in [0.5, 0.6) is 0 Å². The van der Waals surface area contributed by atoms with Crippen LogP contribution in [0.4, 0.5) is 0 Å². The first-order chi connectivity index (χ1) is 5.86. The van der Waals surface area contributed by atoms with Crippen LogP contribution in [0.2, 0.25) is 0 Å². The molecule has 2 rings (SSSR count). The minimum atomic E-state index is 0.323. The highest BCUT2D eigenvalue weighted by Gasteiger charge is 2.21. The number of hydrogen-bond donors (Lipinski definition) is 2. The summed E-state index contributed by atoms with van der Waals surface area (Å²) in [6.07, 6.45) is 2.37. The van der Waals surface area contributed by atoms with Crippen molar-refractivity contribution in [2.45, 2.75) is 25.8 Å². The lowest BCUT2D eigenvalue weighted by Crippen LogP contribution is -2.31. The van der Waals surface area contributed by atoms with Gasteiger partial charge in [0, 0.05) is 0 Å². The first kappa shape index (κ1) is 7.67. The number of aromatic nitrogens is 4. The van der Waals surface area contributed by atoms with E-state index in [1.807, 2.05) is 0 Å². The zero-order chi connectivity index (χ0) is 8.39. The third-order valence-electron chi connectivity index (χ3n) is 2.36. The van der Waals surface area contributed by atoms with Crippen molar-refractivity contribution in [1.29, 1.82) is 0 Å². The molecule has 5 nitrogen and oxygen atoms in total. The Hall–Kier alpha value is -0.970. The van der Waals surface area contributed by atoms with Gasteiger partial charge in [0.05, 0.1) is 6.04 Å². The summed E-state index contributed by atoms with van der Waals surface area (Å²) < 4.78 is 0. The van der Waals surface area contributed by atoms with E-state index in [-0.39, 0.29) is 0 Å². The van der Waals surface area contributed by atoms with Crippen LogP contribution in [0.3, 0.4) is 0 Å². The van der Waals surface area contributed by atoms with E-state index in [0.717, 1.165) is 24.7 Å². The normalized spacial score (nSPS) is 30.4. The van der Waals surface area contributed by atoms with Gasteiger partial charge in [-0.15, -0.1) is 5.10 Å². The van der Waals surface area contributed by atoms with Gasteiger partial charge in [-0.25, -0.2) is 5.10 Å². The number of hydrogen-bond acceptors (Lipinski definition) is 4. The molecule has 1 aliphatic heterocycles. The van der Waals surface area contributed by atoms with E-state index >= 15 is 0 Å². The number of nitrogens with zero attached hydrogens (tertiary/aromatic N) is 3. The molecule has 0 unspecified atom stereocenters. The Kier molecular flexibility index (Phi) is 2.03. The van der Waals surface area contributed by atoms with Crippen molar-refractivity contribution in [3.05, 3.63) is 5.82 Å². The Balaban J connectivity index is 2.04. The average Bonchev–Trinajstić information content (AvgIpc) is 2.56. The molecule has 2 heterocycles. The third-order valence-corrected chi connectivity index (χ3v) is 2.36. The predicted molar refractivity (Wildman–Crippen MR) is 43.3 cm³/mol. The zero-order valence-corrected chi connectivity index (χ0v) is 7.12. The van der Waals surface area contributed by atoms with E-state index in [2.05, 4.69) is 32.9 Å². The summed E-state index contributed by atoms with van der Waals surface area (Å²) in [5.41, 5.74) is 0. The zero-order valence-electron chi connectivity index (χ0n) is 7.12.